The quantitative estimate of drug-likeness (QED) is 0.0849. The average Bonchev–Trinajstić information content (AvgIpc) is 3.03. The van der Waals surface area contributed by atoms with Gasteiger partial charge in [0.25, 0.3) is 0 Å². The minimum absolute atomic E-state index is 0.307. The molecule has 0 aliphatic carbocycles. The van der Waals surface area contributed by atoms with E-state index in [1.165, 1.54) is 0 Å². The number of allylic oxidation sites excluding steroid dienone is 1. The summed E-state index contributed by atoms with van der Waals surface area (Å²) in [5.74, 6) is 1.36. The third kappa shape index (κ3) is 9.12. The summed E-state index contributed by atoms with van der Waals surface area (Å²) in [4.78, 5) is 12.4. The van der Waals surface area contributed by atoms with Gasteiger partial charge in [0.2, 0.25) is 0 Å². The van der Waals surface area contributed by atoms with E-state index in [1.807, 2.05) is 91.0 Å². The maximum absolute atomic E-state index is 12.4. The summed E-state index contributed by atoms with van der Waals surface area (Å²) in [6, 6.07) is 33.0. The molecule has 0 saturated carbocycles. The van der Waals surface area contributed by atoms with Gasteiger partial charge in [0.1, 0.15) is 11.5 Å². The molecule has 0 aliphatic heterocycles. The summed E-state index contributed by atoms with van der Waals surface area (Å²) in [7, 11) is 0. The molecular formula is C36H35NO4. The van der Waals surface area contributed by atoms with Crippen molar-refractivity contribution in [1.29, 1.82) is 5.26 Å². The van der Waals surface area contributed by atoms with Gasteiger partial charge in [-0.2, -0.15) is 5.26 Å². The van der Waals surface area contributed by atoms with Gasteiger partial charge in [0, 0.05) is 0 Å². The molecule has 0 amide bonds. The SMILES string of the molecule is C=CCCCOc1ccc(-c2ccc(C(=O)OCCCCCOc3ccc(-c4ccc(C#N)cc4)cc3)cc2)cc1. The predicted molar refractivity (Wildman–Crippen MR) is 163 cm³/mol. The minimum atomic E-state index is -0.307. The highest BCUT2D eigenvalue weighted by Gasteiger charge is 2.08. The molecule has 0 bridgehead atoms. The molecule has 0 heterocycles. The van der Waals surface area contributed by atoms with Gasteiger partial charge in [-0.05, 0) is 103 Å². The monoisotopic (exact) mass is 545 g/mol. The van der Waals surface area contributed by atoms with E-state index >= 15 is 0 Å². The van der Waals surface area contributed by atoms with Crippen molar-refractivity contribution in [2.45, 2.75) is 32.1 Å². The number of esters is 1. The van der Waals surface area contributed by atoms with Crippen LogP contribution in [-0.2, 0) is 4.74 Å². The minimum Gasteiger partial charge on any atom is -0.494 e. The van der Waals surface area contributed by atoms with Gasteiger partial charge in [-0.3, -0.25) is 0 Å². The maximum atomic E-state index is 12.4. The molecule has 4 aromatic rings. The van der Waals surface area contributed by atoms with Gasteiger partial charge in [-0.1, -0.05) is 54.6 Å². The van der Waals surface area contributed by atoms with Crippen LogP contribution in [0.4, 0.5) is 0 Å². The lowest BCUT2D eigenvalue weighted by atomic mass is 10.0. The van der Waals surface area contributed by atoms with Crippen LogP contribution in [0, 0.1) is 11.3 Å². The van der Waals surface area contributed by atoms with Crippen LogP contribution in [0.2, 0.25) is 0 Å². The zero-order valence-electron chi connectivity index (χ0n) is 23.3. The predicted octanol–water partition coefficient (Wildman–Crippen LogP) is 8.64. The molecule has 0 aromatic heterocycles. The lowest BCUT2D eigenvalue weighted by molar-refractivity contribution is 0.0497. The van der Waals surface area contributed by atoms with Crippen LogP contribution < -0.4 is 9.47 Å². The molecule has 0 fully saturated rings. The summed E-state index contributed by atoms with van der Waals surface area (Å²) < 4.78 is 17.0. The Hall–Kier alpha value is -4.82. The molecule has 208 valence electrons. The second-order valence-corrected chi connectivity index (χ2v) is 9.64. The molecule has 0 atom stereocenters. The standard InChI is InChI=1S/C36H35NO4/c1-2-3-5-24-39-34-22-18-32(19-23-34)30-12-14-33(15-13-30)36(38)41-26-7-4-6-25-40-35-20-16-31(17-21-35)29-10-8-28(27-37)9-11-29/h2,8-23H,1,3-7,24-26H2. The van der Waals surface area contributed by atoms with Crippen molar-refractivity contribution in [3.8, 4) is 39.8 Å². The molecule has 4 rings (SSSR count). The molecule has 0 N–H and O–H groups in total. The first kappa shape index (κ1) is 29.2. The lowest BCUT2D eigenvalue weighted by Gasteiger charge is -2.09. The topological polar surface area (TPSA) is 68.6 Å². The van der Waals surface area contributed by atoms with Crippen molar-refractivity contribution >= 4 is 5.97 Å². The van der Waals surface area contributed by atoms with Gasteiger partial charge >= 0.3 is 5.97 Å². The summed E-state index contributed by atoms with van der Waals surface area (Å²) >= 11 is 0. The van der Waals surface area contributed by atoms with E-state index in [0.29, 0.717) is 30.9 Å². The molecule has 0 unspecified atom stereocenters. The highest BCUT2D eigenvalue weighted by atomic mass is 16.5. The summed E-state index contributed by atoms with van der Waals surface area (Å²) in [6.07, 6.45) is 6.36. The number of carbonyl (C=O) groups excluding carboxylic acids is 1. The third-order valence-electron chi connectivity index (χ3n) is 6.62. The van der Waals surface area contributed by atoms with Crippen LogP contribution in [0.3, 0.4) is 0 Å². The van der Waals surface area contributed by atoms with E-state index in [0.717, 1.165) is 65.9 Å². The summed E-state index contributed by atoms with van der Waals surface area (Å²) in [5.41, 5.74) is 5.43. The van der Waals surface area contributed by atoms with Crippen LogP contribution in [-0.4, -0.2) is 25.8 Å². The van der Waals surface area contributed by atoms with Crippen molar-refractivity contribution in [2.24, 2.45) is 0 Å². The Labute approximate surface area is 242 Å². The molecule has 0 saturated heterocycles. The Morgan fingerprint density at radius 1 is 0.634 bits per heavy atom. The van der Waals surface area contributed by atoms with Gasteiger partial charge in [0.15, 0.2) is 0 Å². The van der Waals surface area contributed by atoms with Crippen LogP contribution in [0.15, 0.2) is 110 Å². The molecule has 0 spiro atoms. The van der Waals surface area contributed by atoms with Crippen molar-refractivity contribution in [1.82, 2.24) is 0 Å². The maximum Gasteiger partial charge on any atom is 0.338 e. The number of benzene rings is 4. The Balaban J connectivity index is 1.11. The normalized spacial score (nSPS) is 10.4. The fourth-order valence-corrected chi connectivity index (χ4v) is 4.26. The number of hydrogen-bond acceptors (Lipinski definition) is 5. The van der Waals surface area contributed by atoms with Gasteiger partial charge in [-0.25, -0.2) is 4.79 Å². The zero-order valence-corrected chi connectivity index (χ0v) is 23.3. The van der Waals surface area contributed by atoms with E-state index in [9.17, 15) is 4.79 Å². The first-order valence-corrected chi connectivity index (χ1v) is 14.0. The fourth-order valence-electron chi connectivity index (χ4n) is 4.26. The first-order valence-electron chi connectivity index (χ1n) is 14.0. The second-order valence-electron chi connectivity index (χ2n) is 9.64. The van der Waals surface area contributed by atoms with Crippen LogP contribution in [0.5, 0.6) is 11.5 Å². The molecule has 0 radical (unpaired) electrons. The zero-order chi connectivity index (χ0) is 28.7. The van der Waals surface area contributed by atoms with Gasteiger partial charge in [-0.15, -0.1) is 6.58 Å². The Morgan fingerprint density at radius 3 is 1.61 bits per heavy atom. The molecule has 4 aromatic carbocycles. The number of nitriles is 1. The van der Waals surface area contributed by atoms with Crippen LogP contribution >= 0.6 is 0 Å². The third-order valence-corrected chi connectivity index (χ3v) is 6.62. The number of carbonyl (C=O) groups is 1. The van der Waals surface area contributed by atoms with Crippen molar-refractivity contribution in [2.75, 3.05) is 19.8 Å². The summed E-state index contributed by atoms with van der Waals surface area (Å²) in [5, 5.41) is 8.94. The van der Waals surface area contributed by atoms with Gasteiger partial charge < -0.3 is 14.2 Å². The molecular weight excluding hydrogens is 510 g/mol. The van der Waals surface area contributed by atoms with Crippen molar-refractivity contribution < 1.29 is 19.0 Å². The number of ether oxygens (including phenoxy) is 3. The Morgan fingerprint density at radius 2 is 1.10 bits per heavy atom. The number of rotatable bonds is 15. The van der Waals surface area contributed by atoms with E-state index in [1.54, 1.807) is 12.1 Å². The molecule has 5 nitrogen and oxygen atoms in total. The van der Waals surface area contributed by atoms with Gasteiger partial charge in [0.05, 0.1) is 37.0 Å². The second kappa shape index (κ2) is 15.7. The van der Waals surface area contributed by atoms with E-state index < -0.39 is 0 Å². The molecule has 41 heavy (non-hydrogen) atoms. The highest BCUT2D eigenvalue weighted by Crippen LogP contribution is 2.24. The van der Waals surface area contributed by atoms with Crippen molar-refractivity contribution in [3.05, 3.63) is 121 Å². The lowest BCUT2D eigenvalue weighted by Crippen LogP contribution is -2.07. The van der Waals surface area contributed by atoms with Crippen molar-refractivity contribution in [3.63, 3.8) is 0 Å². The fraction of sp³-hybridized carbons (Fsp3) is 0.222. The highest BCUT2D eigenvalue weighted by molar-refractivity contribution is 5.90. The van der Waals surface area contributed by atoms with Crippen LogP contribution in [0.1, 0.15) is 48.0 Å². The Bertz CT molecular complexity index is 1420. The average molecular weight is 546 g/mol. The smallest absolute Gasteiger partial charge is 0.338 e. The first-order chi connectivity index (χ1) is 20.2. The summed E-state index contributed by atoms with van der Waals surface area (Å²) in [6.45, 7) is 5.38. The van der Waals surface area contributed by atoms with Crippen LogP contribution in [0.25, 0.3) is 22.3 Å². The number of nitrogens with zero attached hydrogens (tertiary/aromatic N) is 1. The Kier molecular flexibility index (Phi) is 11.2. The number of unbranched alkanes of at least 4 members (excludes halogenated alkanes) is 3. The number of hydrogen-bond donors (Lipinski definition) is 0. The molecule has 0 aliphatic rings. The van der Waals surface area contributed by atoms with E-state index in [2.05, 4.69) is 12.6 Å². The van der Waals surface area contributed by atoms with E-state index in [4.69, 9.17) is 19.5 Å². The largest absolute Gasteiger partial charge is 0.494 e. The van der Waals surface area contributed by atoms with E-state index in [-0.39, 0.29) is 5.97 Å². The molecule has 5 heteroatoms.